The van der Waals surface area contributed by atoms with Gasteiger partial charge in [0.05, 0.1) is 0 Å². The SMILES string of the molecule is [CH2]C(C)CC(C)CCC=C. The van der Waals surface area contributed by atoms with Crippen LogP contribution >= 0.6 is 0 Å². The molecule has 2 unspecified atom stereocenters. The van der Waals surface area contributed by atoms with Crippen LogP contribution in [0.2, 0.25) is 0 Å². The summed E-state index contributed by atoms with van der Waals surface area (Å²) in [7, 11) is 0. The fraction of sp³-hybridized carbons (Fsp3) is 0.700. The molecule has 59 valence electrons. The monoisotopic (exact) mass is 139 g/mol. The average molecular weight is 139 g/mol. The molecule has 0 amide bonds. The predicted octanol–water partition coefficient (Wildman–Crippen LogP) is 3.45. The molecule has 0 rings (SSSR count). The van der Waals surface area contributed by atoms with Gasteiger partial charge in [0.15, 0.2) is 0 Å². The Labute approximate surface area is 65.3 Å². The van der Waals surface area contributed by atoms with E-state index in [0.29, 0.717) is 5.92 Å². The van der Waals surface area contributed by atoms with Crippen molar-refractivity contribution in [1.29, 1.82) is 0 Å². The molecule has 0 heteroatoms. The van der Waals surface area contributed by atoms with Crippen molar-refractivity contribution < 1.29 is 0 Å². The van der Waals surface area contributed by atoms with Gasteiger partial charge in [0.25, 0.3) is 0 Å². The first-order chi connectivity index (χ1) is 4.66. The predicted molar refractivity (Wildman–Crippen MR) is 47.7 cm³/mol. The van der Waals surface area contributed by atoms with E-state index in [-0.39, 0.29) is 0 Å². The summed E-state index contributed by atoms with van der Waals surface area (Å²) in [4.78, 5) is 0. The Morgan fingerprint density at radius 1 is 1.40 bits per heavy atom. The minimum atomic E-state index is 0.597. The first-order valence-corrected chi connectivity index (χ1v) is 4.10. The van der Waals surface area contributed by atoms with Crippen LogP contribution in [-0.2, 0) is 0 Å². The van der Waals surface area contributed by atoms with Crippen molar-refractivity contribution in [3.05, 3.63) is 19.6 Å². The average Bonchev–Trinajstić information content (AvgIpc) is 1.82. The van der Waals surface area contributed by atoms with E-state index in [0.717, 1.165) is 12.3 Å². The highest BCUT2D eigenvalue weighted by atomic mass is 14.1. The first-order valence-electron chi connectivity index (χ1n) is 4.10. The third kappa shape index (κ3) is 5.87. The van der Waals surface area contributed by atoms with Crippen molar-refractivity contribution in [1.82, 2.24) is 0 Å². The smallest absolute Gasteiger partial charge is 0.0351 e. The molecule has 0 aliphatic heterocycles. The van der Waals surface area contributed by atoms with Crippen LogP contribution in [0.25, 0.3) is 0 Å². The Bertz CT molecular complexity index is 82.0. The molecule has 0 aromatic rings. The quantitative estimate of drug-likeness (QED) is 0.512. The van der Waals surface area contributed by atoms with Gasteiger partial charge in [-0.25, -0.2) is 0 Å². The maximum absolute atomic E-state index is 3.96. The second-order valence-corrected chi connectivity index (χ2v) is 3.31. The number of hydrogen-bond acceptors (Lipinski definition) is 0. The highest BCUT2D eigenvalue weighted by Crippen LogP contribution is 2.15. The summed E-state index contributed by atoms with van der Waals surface area (Å²) in [6, 6.07) is 0. The Hall–Kier alpha value is -0.260. The van der Waals surface area contributed by atoms with E-state index in [1.165, 1.54) is 12.8 Å². The van der Waals surface area contributed by atoms with Crippen molar-refractivity contribution in [3.8, 4) is 0 Å². The molecule has 0 heterocycles. The Kier molecular flexibility index (Phi) is 5.38. The zero-order valence-corrected chi connectivity index (χ0v) is 7.27. The van der Waals surface area contributed by atoms with Gasteiger partial charge in [-0.2, -0.15) is 0 Å². The lowest BCUT2D eigenvalue weighted by Gasteiger charge is -2.11. The molecule has 1 radical (unpaired) electrons. The van der Waals surface area contributed by atoms with Crippen LogP contribution < -0.4 is 0 Å². The Morgan fingerprint density at radius 3 is 2.40 bits per heavy atom. The van der Waals surface area contributed by atoms with Crippen molar-refractivity contribution in [3.63, 3.8) is 0 Å². The molecule has 0 aromatic carbocycles. The molecule has 0 nitrogen and oxygen atoms in total. The van der Waals surface area contributed by atoms with E-state index < -0.39 is 0 Å². The molecule has 0 aliphatic rings. The van der Waals surface area contributed by atoms with Gasteiger partial charge in [-0.05, 0) is 31.1 Å². The van der Waals surface area contributed by atoms with Gasteiger partial charge in [0.2, 0.25) is 0 Å². The minimum absolute atomic E-state index is 0.597. The fourth-order valence-corrected chi connectivity index (χ4v) is 1.21. The van der Waals surface area contributed by atoms with E-state index in [4.69, 9.17) is 0 Å². The van der Waals surface area contributed by atoms with Crippen LogP contribution in [0.15, 0.2) is 12.7 Å². The molecule has 0 saturated heterocycles. The molecule has 0 aliphatic carbocycles. The third-order valence-corrected chi connectivity index (χ3v) is 1.67. The van der Waals surface area contributed by atoms with Crippen LogP contribution in [0.1, 0.15) is 33.1 Å². The van der Waals surface area contributed by atoms with Crippen LogP contribution in [0.4, 0.5) is 0 Å². The zero-order chi connectivity index (χ0) is 7.98. The maximum Gasteiger partial charge on any atom is -0.0351 e. The highest BCUT2D eigenvalue weighted by molar-refractivity contribution is 4.69. The molecule has 0 bridgehead atoms. The van der Waals surface area contributed by atoms with E-state index in [2.05, 4.69) is 27.4 Å². The van der Waals surface area contributed by atoms with E-state index >= 15 is 0 Å². The number of rotatable bonds is 5. The van der Waals surface area contributed by atoms with Crippen LogP contribution in [0, 0.1) is 18.8 Å². The molecular formula is C10H19. The molecule has 0 aromatic heterocycles. The third-order valence-electron chi connectivity index (χ3n) is 1.67. The normalized spacial score (nSPS) is 13.6. The summed E-state index contributed by atoms with van der Waals surface area (Å²) in [6.45, 7) is 12.1. The van der Waals surface area contributed by atoms with Crippen LogP contribution in [0.5, 0.6) is 0 Å². The van der Waals surface area contributed by atoms with E-state index in [1.54, 1.807) is 0 Å². The molecule has 0 spiro atoms. The van der Waals surface area contributed by atoms with Gasteiger partial charge < -0.3 is 0 Å². The second kappa shape index (κ2) is 5.52. The zero-order valence-electron chi connectivity index (χ0n) is 7.27. The lowest BCUT2D eigenvalue weighted by atomic mass is 9.95. The van der Waals surface area contributed by atoms with Crippen molar-refractivity contribution in [2.75, 3.05) is 0 Å². The molecule has 2 atom stereocenters. The summed E-state index contributed by atoms with van der Waals surface area (Å²) in [6.07, 6.45) is 5.65. The van der Waals surface area contributed by atoms with Crippen molar-refractivity contribution >= 4 is 0 Å². The van der Waals surface area contributed by atoms with Gasteiger partial charge >= 0.3 is 0 Å². The molecule has 10 heavy (non-hydrogen) atoms. The lowest BCUT2D eigenvalue weighted by Crippen LogP contribution is -1.99. The number of hydrogen-bond donors (Lipinski definition) is 0. The summed E-state index contributed by atoms with van der Waals surface area (Å²) >= 11 is 0. The van der Waals surface area contributed by atoms with Crippen molar-refractivity contribution in [2.45, 2.75) is 33.1 Å². The van der Waals surface area contributed by atoms with Crippen LogP contribution in [0.3, 0.4) is 0 Å². The largest absolute Gasteiger partial charge is 0.103 e. The number of allylic oxidation sites excluding steroid dienone is 1. The second-order valence-electron chi connectivity index (χ2n) is 3.31. The van der Waals surface area contributed by atoms with Gasteiger partial charge in [0.1, 0.15) is 0 Å². The molecular weight excluding hydrogens is 120 g/mol. The van der Waals surface area contributed by atoms with E-state index in [9.17, 15) is 0 Å². The van der Waals surface area contributed by atoms with E-state index in [1.807, 2.05) is 6.08 Å². The molecule has 0 N–H and O–H groups in total. The van der Waals surface area contributed by atoms with Gasteiger partial charge in [0, 0.05) is 0 Å². The maximum atomic E-state index is 3.96. The van der Waals surface area contributed by atoms with Gasteiger partial charge in [-0.15, -0.1) is 6.58 Å². The molecule has 0 fully saturated rings. The Balaban J connectivity index is 3.24. The first kappa shape index (κ1) is 9.74. The summed E-state index contributed by atoms with van der Waals surface area (Å²) < 4.78 is 0. The lowest BCUT2D eigenvalue weighted by molar-refractivity contribution is 0.440. The van der Waals surface area contributed by atoms with Gasteiger partial charge in [-0.1, -0.05) is 26.8 Å². The Morgan fingerprint density at radius 2 is 2.00 bits per heavy atom. The molecule has 0 saturated carbocycles. The topological polar surface area (TPSA) is 0 Å². The van der Waals surface area contributed by atoms with Gasteiger partial charge in [-0.3, -0.25) is 0 Å². The van der Waals surface area contributed by atoms with Crippen molar-refractivity contribution in [2.24, 2.45) is 11.8 Å². The summed E-state index contributed by atoms with van der Waals surface area (Å²) in [5.41, 5.74) is 0. The minimum Gasteiger partial charge on any atom is -0.103 e. The summed E-state index contributed by atoms with van der Waals surface area (Å²) in [5.74, 6) is 1.41. The highest BCUT2D eigenvalue weighted by Gasteiger charge is 2.02. The fourth-order valence-electron chi connectivity index (χ4n) is 1.21. The van der Waals surface area contributed by atoms with Crippen LogP contribution in [-0.4, -0.2) is 0 Å². The summed E-state index contributed by atoms with van der Waals surface area (Å²) in [5, 5.41) is 0. The standard InChI is InChI=1S/C10H19/c1-5-6-7-10(4)8-9(2)3/h5,9-10H,1-2,6-8H2,3-4H3.